The number of hydrogen-bond donors (Lipinski definition) is 0. The van der Waals surface area contributed by atoms with Gasteiger partial charge >= 0.3 is 0 Å². The minimum atomic E-state index is -0.202. The average molecular weight is 401 g/mol. The number of hydrogen-bond acceptors (Lipinski definition) is 3. The van der Waals surface area contributed by atoms with Crippen molar-refractivity contribution in [2.24, 2.45) is 17.8 Å². The summed E-state index contributed by atoms with van der Waals surface area (Å²) < 4.78 is 19.1. The molecular formula is C24H33FN2O2. The van der Waals surface area contributed by atoms with E-state index in [9.17, 15) is 9.18 Å². The fourth-order valence-electron chi connectivity index (χ4n) is 4.37. The molecule has 0 aliphatic carbocycles. The number of nitrogens with zero attached hydrogens (tertiary/aromatic N) is 2. The van der Waals surface area contributed by atoms with Crippen LogP contribution in [0.15, 0.2) is 47.3 Å². The van der Waals surface area contributed by atoms with Crippen LogP contribution in [-0.2, 0) is 11.3 Å². The number of halogens is 1. The van der Waals surface area contributed by atoms with Crippen molar-refractivity contribution in [3.05, 3.63) is 59.8 Å². The molecule has 0 N–H and O–H groups in total. The fraction of sp³-hybridized carbons (Fsp3) is 0.542. The predicted octanol–water partition coefficient (Wildman–Crippen LogP) is 4.77. The minimum Gasteiger partial charge on any atom is -0.472 e. The van der Waals surface area contributed by atoms with Crippen LogP contribution in [0.25, 0.3) is 0 Å². The molecule has 3 rings (SSSR count). The van der Waals surface area contributed by atoms with E-state index in [2.05, 4.69) is 18.7 Å². The molecular weight excluding hydrogens is 367 g/mol. The summed E-state index contributed by atoms with van der Waals surface area (Å²) in [6.45, 7) is 12.2. The highest BCUT2D eigenvalue weighted by Gasteiger charge is 2.36. The fourth-order valence-corrected chi connectivity index (χ4v) is 4.37. The lowest BCUT2D eigenvalue weighted by atomic mass is 9.88. The number of carbonyl (C=O) groups excluding carboxylic acids is 1. The molecule has 29 heavy (non-hydrogen) atoms. The van der Waals surface area contributed by atoms with Gasteiger partial charge < -0.3 is 9.32 Å². The van der Waals surface area contributed by atoms with E-state index in [-0.39, 0.29) is 29.5 Å². The maximum absolute atomic E-state index is 13.9. The molecule has 1 aliphatic rings. The van der Waals surface area contributed by atoms with Gasteiger partial charge in [0.25, 0.3) is 0 Å². The van der Waals surface area contributed by atoms with Gasteiger partial charge in [-0.15, -0.1) is 0 Å². The maximum Gasteiger partial charge on any atom is 0.225 e. The summed E-state index contributed by atoms with van der Waals surface area (Å²) in [7, 11) is 0. The number of furan rings is 1. The van der Waals surface area contributed by atoms with Crippen LogP contribution in [0.4, 0.5) is 4.39 Å². The number of likely N-dealkylation sites (tertiary alicyclic amines) is 1. The molecule has 2 atom stereocenters. The van der Waals surface area contributed by atoms with Crippen molar-refractivity contribution in [2.45, 2.75) is 40.2 Å². The summed E-state index contributed by atoms with van der Waals surface area (Å²) in [4.78, 5) is 17.3. The third-order valence-electron chi connectivity index (χ3n) is 5.63. The second kappa shape index (κ2) is 9.57. The Morgan fingerprint density at radius 1 is 1.24 bits per heavy atom. The molecule has 0 spiro atoms. The van der Waals surface area contributed by atoms with Crippen molar-refractivity contribution in [1.82, 2.24) is 9.80 Å². The van der Waals surface area contributed by atoms with Gasteiger partial charge in [-0.3, -0.25) is 9.69 Å². The number of benzene rings is 1. The molecule has 2 aromatic rings. The normalized spacial score (nSPS) is 20.0. The second-order valence-corrected chi connectivity index (χ2v) is 9.04. The van der Waals surface area contributed by atoms with Gasteiger partial charge in [-0.2, -0.15) is 0 Å². The van der Waals surface area contributed by atoms with E-state index in [1.54, 1.807) is 24.7 Å². The summed E-state index contributed by atoms with van der Waals surface area (Å²) in [5.74, 6) is 0.854. The lowest BCUT2D eigenvalue weighted by Crippen LogP contribution is -2.41. The monoisotopic (exact) mass is 400 g/mol. The largest absolute Gasteiger partial charge is 0.472 e. The Labute approximate surface area is 173 Å². The molecule has 4 nitrogen and oxygen atoms in total. The smallest absolute Gasteiger partial charge is 0.225 e. The summed E-state index contributed by atoms with van der Waals surface area (Å²) >= 11 is 0. The van der Waals surface area contributed by atoms with E-state index in [0.29, 0.717) is 12.5 Å². The van der Waals surface area contributed by atoms with Gasteiger partial charge in [-0.05, 0) is 35.6 Å². The molecule has 1 amide bonds. The van der Waals surface area contributed by atoms with Gasteiger partial charge in [0.1, 0.15) is 5.82 Å². The third-order valence-corrected chi connectivity index (χ3v) is 5.63. The first kappa shape index (κ1) is 21.6. The highest BCUT2D eigenvalue weighted by molar-refractivity contribution is 5.78. The molecule has 1 fully saturated rings. The Kier molecular flexibility index (Phi) is 7.12. The zero-order chi connectivity index (χ0) is 21.0. The third kappa shape index (κ3) is 5.69. The van der Waals surface area contributed by atoms with E-state index in [0.717, 1.165) is 37.3 Å². The maximum atomic E-state index is 13.9. The van der Waals surface area contributed by atoms with Gasteiger partial charge in [0, 0.05) is 50.1 Å². The predicted molar refractivity (Wildman–Crippen MR) is 113 cm³/mol. The summed E-state index contributed by atoms with van der Waals surface area (Å²) in [6.07, 6.45) is 3.47. The Balaban J connectivity index is 1.81. The van der Waals surface area contributed by atoms with Crippen molar-refractivity contribution in [3.63, 3.8) is 0 Å². The van der Waals surface area contributed by atoms with Crippen LogP contribution in [0, 0.1) is 23.6 Å². The van der Waals surface area contributed by atoms with E-state index in [4.69, 9.17) is 4.42 Å². The van der Waals surface area contributed by atoms with Gasteiger partial charge in [0.2, 0.25) is 5.91 Å². The van der Waals surface area contributed by atoms with Crippen LogP contribution in [0.2, 0.25) is 0 Å². The standard InChI is InChI=1S/C24H33FN2O2/c1-17(2)11-27(24(28)18(3)4)14-21-13-26(12-19-8-9-29-16-19)15-23(21)20-6-5-7-22(25)10-20/h5-10,16-18,21,23H,11-15H2,1-4H3. The first-order valence-corrected chi connectivity index (χ1v) is 10.6. The van der Waals surface area contributed by atoms with E-state index in [1.807, 2.05) is 30.9 Å². The molecule has 2 heterocycles. The summed E-state index contributed by atoms with van der Waals surface area (Å²) in [5.41, 5.74) is 2.16. The Hall–Kier alpha value is -2.14. The van der Waals surface area contributed by atoms with Crippen molar-refractivity contribution < 1.29 is 13.6 Å². The van der Waals surface area contributed by atoms with Crippen molar-refractivity contribution in [3.8, 4) is 0 Å². The van der Waals surface area contributed by atoms with Gasteiger partial charge in [0.15, 0.2) is 0 Å². The quantitative estimate of drug-likeness (QED) is 0.640. The van der Waals surface area contributed by atoms with Crippen LogP contribution in [0.5, 0.6) is 0 Å². The highest BCUT2D eigenvalue weighted by Crippen LogP contribution is 2.35. The zero-order valence-corrected chi connectivity index (χ0v) is 18.0. The number of rotatable bonds is 8. The molecule has 1 aromatic carbocycles. The van der Waals surface area contributed by atoms with Crippen LogP contribution >= 0.6 is 0 Å². The topological polar surface area (TPSA) is 36.7 Å². The molecule has 2 unspecified atom stereocenters. The van der Waals surface area contributed by atoms with Gasteiger partial charge in [-0.1, -0.05) is 39.8 Å². The Morgan fingerprint density at radius 3 is 2.66 bits per heavy atom. The van der Waals surface area contributed by atoms with Crippen molar-refractivity contribution in [2.75, 3.05) is 26.2 Å². The molecule has 1 saturated heterocycles. The summed E-state index contributed by atoms with van der Waals surface area (Å²) in [6, 6.07) is 8.92. The van der Waals surface area contributed by atoms with Gasteiger partial charge in [-0.25, -0.2) is 4.39 Å². The second-order valence-electron chi connectivity index (χ2n) is 9.04. The molecule has 5 heteroatoms. The first-order valence-electron chi connectivity index (χ1n) is 10.6. The van der Waals surface area contributed by atoms with Crippen LogP contribution in [0.3, 0.4) is 0 Å². The summed E-state index contributed by atoms with van der Waals surface area (Å²) in [5, 5.41) is 0. The minimum absolute atomic E-state index is 0.0233. The Morgan fingerprint density at radius 2 is 2.03 bits per heavy atom. The van der Waals surface area contributed by atoms with E-state index >= 15 is 0 Å². The molecule has 1 aliphatic heterocycles. The van der Waals surface area contributed by atoms with Gasteiger partial charge in [0.05, 0.1) is 12.5 Å². The van der Waals surface area contributed by atoms with Crippen molar-refractivity contribution in [1.29, 1.82) is 0 Å². The molecule has 0 bridgehead atoms. The van der Waals surface area contributed by atoms with E-state index in [1.165, 1.54) is 6.07 Å². The highest BCUT2D eigenvalue weighted by atomic mass is 19.1. The lowest BCUT2D eigenvalue weighted by molar-refractivity contribution is -0.135. The SMILES string of the molecule is CC(C)CN(CC1CN(Cc2ccoc2)CC1c1cccc(F)c1)C(=O)C(C)C. The lowest BCUT2D eigenvalue weighted by Gasteiger charge is -2.31. The average Bonchev–Trinajstić information content (AvgIpc) is 3.30. The van der Waals surface area contributed by atoms with E-state index < -0.39 is 0 Å². The van der Waals surface area contributed by atoms with Crippen molar-refractivity contribution >= 4 is 5.91 Å². The zero-order valence-electron chi connectivity index (χ0n) is 18.0. The molecule has 0 saturated carbocycles. The Bertz CT molecular complexity index is 788. The van der Waals surface area contributed by atoms with Crippen LogP contribution in [0.1, 0.15) is 44.7 Å². The molecule has 0 radical (unpaired) electrons. The van der Waals surface area contributed by atoms with Crippen LogP contribution < -0.4 is 0 Å². The van der Waals surface area contributed by atoms with Crippen LogP contribution in [-0.4, -0.2) is 41.9 Å². The molecule has 1 aromatic heterocycles. The first-order chi connectivity index (χ1) is 13.8. The number of carbonyl (C=O) groups is 1. The number of amides is 1. The molecule has 158 valence electrons.